The van der Waals surface area contributed by atoms with Crippen LogP contribution in [-0.4, -0.2) is 49.1 Å². The Balaban J connectivity index is 1.71. The molecule has 2 N–H and O–H groups in total. The van der Waals surface area contributed by atoms with E-state index in [0.29, 0.717) is 12.1 Å². The maximum Gasteiger partial charge on any atom is 0.255 e. The van der Waals surface area contributed by atoms with Crippen molar-refractivity contribution in [3.8, 4) is 11.5 Å². The molecule has 1 unspecified atom stereocenters. The van der Waals surface area contributed by atoms with Crippen molar-refractivity contribution < 1.29 is 4.79 Å². The molecular formula is C18H22N6O. The van der Waals surface area contributed by atoms with E-state index in [1.807, 2.05) is 57.6 Å². The second-order valence-corrected chi connectivity index (χ2v) is 6.68. The van der Waals surface area contributed by atoms with Gasteiger partial charge >= 0.3 is 0 Å². The molecule has 0 saturated carbocycles. The highest BCUT2D eigenvalue weighted by atomic mass is 16.2. The molecule has 0 spiro atoms. The van der Waals surface area contributed by atoms with Gasteiger partial charge < -0.3 is 15.2 Å². The van der Waals surface area contributed by atoms with Crippen molar-refractivity contribution in [2.24, 2.45) is 12.8 Å². The summed E-state index contributed by atoms with van der Waals surface area (Å²) in [6, 6.07) is 7.66. The third-order valence-electron chi connectivity index (χ3n) is 4.82. The average Bonchev–Trinajstić information content (AvgIpc) is 3.15. The zero-order valence-corrected chi connectivity index (χ0v) is 14.3. The molecule has 3 aromatic heterocycles. The van der Waals surface area contributed by atoms with Crippen LogP contribution < -0.4 is 5.73 Å². The topological polar surface area (TPSA) is 81.5 Å². The molecule has 7 nitrogen and oxygen atoms in total. The van der Waals surface area contributed by atoms with Gasteiger partial charge in [0.25, 0.3) is 5.91 Å². The van der Waals surface area contributed by atoms with Crippen LogP contribution in [0.3, 0.4) is 0 Å². The standard InChI is InChI=1S/C18H22N6O/c1-22-9-4-6-15(22)17-21-20-16-8-7-13(11-24(16)17)18(25)23-10-3-2-5-14(19)12-23/h4,6-9,11,14H,2-3,5,10,12,19H2,1H3. The number of nitrogens with zero attached hydrogens (tertiary/aromatic N) is 5. The molecular weight excluding hydrogens is 316 g/mol. The monoisotopic (exact) mass is 338 g/mol. The summed E-state index contributed by atoms with van der Waals surface area (Å²) in [6.07, 6.45) is 6.85. The fourth-order valence-electron chi connectivity index (χ4n) is 3.43. The van der Waals surface area contributed by atoms with Gasteiger partial charge in [-0.1, -0.05) is 6.42 Å². The van der Waals surface area contributed by atoms with Crippen molar-refractivity contribution in [2.45, 2.75) is 25.3 Å². The maximum atomic E-state index is 12.9. The van der Waals surface area contributed by atoms with Crippen molar-refractivity contribution in [2.75, 3.05) is 13.1 Å². The lowest BCUT2D eigenvalue weighted by Gasteiger charge is -2.22. The maximum absolute atomic E-state index is 12.9. The molecule has 130 valence electrons. The Hall–Kier alpha value is -2.67. The first-order valence-corrected chi connectivity index (χ1v) is 8.65. The van der Waals surface area contributed by atoms with Crippen LogP contribution in [0.25, 0.3) is 17.2 Å². The Morgan fingerprint density at radius 2 is 2.12 bits per heavy atom. The van der Waals surface area contributed by atoms with Crippen LogP contribution in [0.1, 0.15) is 29.6 Å². The smallest absolute Gasteiger partial charge is 0.255 e. The normalized spacial score (nSPS) is 18.5. The first-order valence-electron chi connectivity index (χ1n) is 8.65. The summed E-state index contributed by atoms with van der Waals surface area (Å²) in [6.45, 7) is 1.38. The van der Waals surface area contributed by atoms with E-state index in [0.717, 1.165) is 43.0 Å². The molecule has 1 aliphatic heterocycles. The van der Waals surface area contributed by atoms with Gasteiger partial charge in [0.15, 0.2) is 11.5 Å². The minimum atomic E-state index is 0.0192. The molecule has 1 amide bonds. The van der Waals surface area contributed by atoms with E-state index in [2.05, 4.69) is 10.2 Å². The van der Waals surface area contributed by atoms with Crippen LogP contribution in [0.4, 0.5) is 0 Å². The molecule has 1 fully saturated rings. The van der Waals surface area contributed by atoms with Crippen molar-refractivity contribution in [1.29, 1.82) is 0 Å². The zero-order chi connectivity index (χ0) is 17.4. The number of carbonyl (C=O) groups excluding carboxylic acids is 1. The number of rotatable bonds is 2. The number of nitrogens with two attached hydrogens (primary N) is 1. The van der Waals surface area contributed by atoms with Gasteiger partial charge in [0, 0.05) is 38.6 Å². The summed E-state index contributed by atoms with van der Waals surface area (Å²) < 4.78 is 3.86. The van der Waals surface area contributed by atoms with Gasteiger partial charge in [0.2, 0.25) is 0 Å². The van der Waals surface area contributed by atoms with E-state index in [1.54, 1.807) is 0 Å². The summed E-state index contributed by atoms with van der Waals surface area (Å²) >= 11 is 0. The Morgan fingerprint density at radius 3 is 2.92 bits per heavy atom. The second kappa shape index (κ2) is 6.33. The zero-order valence-electron chi connectivity index (χ0n) is 14.3. The Bertz CT molecular complexity index is 911. The lowest BCUT2D eigenvalue weighted by atomic mass is 10.1. The molecule has 4 rings (SSSR count). The number of aryl methyl sites for hydroxylation is 1. The fourth-order valence-corrected chi connectivity index (χ4v) is 3.43. The molecule has 0 aromatic carbocycles. The van der Waals surface area contributed by atoms with Gasteiger partial charge in [-0.15, -0.1) is 10.2 Å². The summed E-state index contributed by atoms with van der Waals surface area (Å²) in [5.74, 6) is 0.746. The van der Waals surface area contributed by atoms with Gasteiger partial charge in [-0.3, -0.25) is 9.20 Å². The third kappa shape index (κ3) is 2.91. The second-order valence-electron chi connectivity index (χ2n) is 6.68. The average molecular weight is 338 g/mol. The molecule has 0 radical (unpaired) electrons. The lowest BCUT2D eigenvalue weighted by molar-refractivity contribution is 0.0754. The minimum Gasteiger partial charge on any atom is -0.348 e. The number of aromatic nitrogens is 4. The summed E-state index contributed by atoms with van der Waals surface area (Å²) in [5, 5.41) is 8.50. The third-order valence-corrected chi connectivity index (χ3v) is 4.82. The highest BCUT2D eigenvalue weighted by Crippen LogP contribution is 2.20. The number of carbonyl (C=O) groups is 1. The van der Waals surface area contributed by atoms with Crippen LogP contribution in [-0.2, 0) is 7.05 Å². The van der Waals surface area contributed by atoms with E-state index in [4.69, 9.17) is 5.73 Å². The summed E-state index contributed by atoms with van der Waals surface area (Å²) in [5.41, 5.74) is 8.41. The van der Waals surface area contributed by atoms with Gasteiger partial charge in [-0.25, -0.2) is 0 Å². The van der Waals surface area contributed by atoms with Crippen molar-refractivity contribution in [3.63, 3.8) is 0 Å². The van der Waals surface area contributed by atoms with Crippen LogP contribution in [0.2, 0.25) is 0 Å². The summed E-state index contributed by atoms with van der Waals surface area (Å²) in [4.78, 5) is 14.8. The number of pyridine rings is 1. The van der Waals surface area contributed by atoms with Crippen LogP contribution in [0, 0.1) is 0 Å². The Kier molecular flexibility index (Phi) is 4.01. The molecule has 1 atom stereocenters. The minimum absolute atomic E-state index is 0.0192. The lowest BCUT2D eigenvalue weighted by Crippen LogP contribution is -2.39. The van der Waals surface area contributed by atoms with Gasteiger partial charge in [-0.2, -0.15) is 0 Å². The quantitative estimate of drug-likeness (QED) is 0.771. The van der Waals surface area contributed by atoms with Crippen molar-refractivity contribution in [1.82, 2.24) is 24.1 Å². The van der Waals surface area contributed by atoms with E-state index < -0.39 is 0 Å². The molecule has 7 heteroatoms. The first kappa shape index (κ1) is 15.8. The molecule has 0 bridgehead atoms. The summed E-state index contributed by atoms with van der Waals surface area (Å²) in [7, 11) is 1.96. The predicted molar refractivity (Wildman–Crippen MR) is 95.1 cm³/mol. The molecule has 1 saturated heterocycles. The van der Waals surface area contributed by atoms with Crippen LogP contribution >= 0.6 is 0 Å². The SMILES string of the molecule is Cn1cccc1-c1nnc2ccc(C(=O)N3CCCCC(N)C3)cn12. The fraction of sp³-hybridized carbons (Fsp3) is 0.389. The Labute approximate surface area is 146 Å². The number of hydrogen-bond acceptors (Lipinski definition) is 4. The molecule has 0 aliphatic carbocycles. The highest BCUT2D eigenvalue weighted by Gasteiger charge is 2.22. The predicted octanol–water partition coefficient (Wildman–Crippen LogP) is 1.69. The van der Waals surface area contributed by atoms with Crippen LogP contribution in [0.15, 0.2) is 36.7 Å². The number of hydrogen-bond donors (Lipinski definition) is 1. The highest BCUT2D eigenvalue weighted by molar-refractivity contribution is 5.94. The van der Waals surface area contributed by atoms with E-state index in [9.17, 15) is 4.79 Å². The largest absolute Gasteiger partial charge is 0.348 e. The van der Waals surface area contributed by atoms with Gasteiger partial charge in [0.05, 0.1) is 11.3 Å². The van der Waals surface area contributed by atoms with Crippen LogP contribution in [0.5, 0.6) is 0 Å². The van der Waals surface area contributed by atoms with E-state index >= 15 is 0 Å². The van der Waals surface area contributed by atoms with E-state index in [-0.39, 0.29) is 11.9 Å². The van der Waals surface area contributed by atoms with Crippen molar-refractivity contribution >= 4 is 11.6 Å². The first-order chi connectivity index (χ1) is 12.1. The Morgan fingerprint density at radius 1 is 1.24 bits per heavy atom. The molecule has 25 heavy (non-hydrogen) atoms. The number of amides is 1. The molecule has 3 aromatic rings. The number of likely N-dealkylation sites (tertiary alicyclic amines) is 1. The van der Waals surface area contributed by atoms with Crippen molar-refractivity contribution in [3.05, 3.63) is 42.2 Å². The van der Waals surface area contributed by atoms with Gasteiger partial charge in [0.1, 0.15) is 0 Å². The van der Waals surface area contributed by atoms with E-state index in [1.165, 1.54) is 0 Å². The molecule has 1 aliphatic rings. The number of fused-ring (bicyclic) bond motifs is 1. The van der Waals surface area contributed by atoms with Gasteiger partial charge in [-0.05, 0) is 37.1 Å². The molecule has 4 heterocycles.